The minimum Gasteiger partial charge on any atom is -0.317 e. The molecule has 0 unspecified atom stereocenters. The number of aryl methyl sites for hydroxylation is 1. The molecule has 0 atom stereocenters. The highest BCUT2D eigenvalue weighted by molar-refractivity contribution is 7.91. The van der Waals surface area contributed by atoms with Crippen molar-refractivity contribution in [2.24, 2.45) is 0 Å². The first kappa shape index (κ1) is 14.2. The van der Waals surface area contributed by atoms with E-state index in [1.165, 1.54) is 0 Å². The van der Waals surface area contributed by atoms with Gasteiger partial charge in [0.1, 0.15) is 0 Å². The van der Waals surface area contributed by atoms with Crippen LogP contribution >= 0.6 is 0 Å². The molecule has 0 aliphatic heterocycles. The second-order valence-corrected chi connectivity index (χ2v) is 6.35. The number of benzene rings is 1. The molecule has 1 N–H and O–H groups in total. The van der Waals surface area contributed by atoms with Crippen LogP contribution in [-0.2, 0) is 9.84 Å². The Kier molecular flexibility index (Phi) is 5.65. The van der Waals surface area contributed by atoms with E-state index < -0.39 is 9.84 Å². The summed E-state index contributed by atoms with van der Waals surface area (Å²) in [5.41, 5.74) is 0.982. The van der Waals surface area contributed by atoms with Crippen molar-refractivity contribution in [2.45, 2.75) is 31.6 Å². The molecule has 1 aromatic carbocycles. The summed E-state index contributed by atoms with van der Waals surface area (Å²) in [5, 5.41) is 3.21. The Labute approximate surface area is 104 Å². The molecular weight excluding hydrogens is 234 g/mol. The van der Waals surface area contributed by atoms with Crippen LogP contribution in [0.3, 0.4) is 0 Å². The molecule has 0 aliphatic carbocycles. The molecule has 0 radical (unpaired) electrons. The van der Waals surface area contributed by atoms with E-state index in [0.29, 0.717) is 11.3 Å². The normalized spacial score (nSPS) is 11.6. The Bertz CT molecular complexity index is 440. The van der Waals surface area contributed by atoms with Crippen molar-refractivity contribution >= 4 is 9.84 Å². The number of hydrogen-bond donors (Lipinski definition) is 1. The first-order valence-electron chi connectivity index (χ1n) is 6.06. The zero-order chi connectivity index (χ0) is 12.7. The molecule has 1 aromatic rings. The molecule has 96 valence electrons. The van der Waals surface area contributed by atoms with Crippen LogP contribution in [0.4, 0.5) is 0 Å². The molecule has 0 amide bonds. The summed E-state index contributed by atoms with van der Waals surface area (Å²) < 4.78 is 24.0. The Balaban J connectivity index is 2.51. The summed E-state index contributed by atoms with van der Waals surface area (Å²) >= 11 is 0. The van der Waals surface area contributed by atoms with E-state index in [2.05, 4.69) is 12.2 Å². The minimum absolute atomic E-state index is 0.215. The quantitative estimate of drug-likeness (QED) is 0.759. The fourth-order valence-corrected chi connectivity index (χ4v) is 3.03. The summed E-state index contributed by atoms with van der Waals surface area (Å²) in [4.78, 5) is 0.438. The zero-order valence-electron chi connectivity index (χ0n) is 10.6. The molecule has 0 saturated carbocycles. The van der Waals surface area contributed by atoms with Gasteiger partial charge in [-0.2, -0.15) is 0 Å². The maximum Gasteiger partial charge on any atom is 0.178 e. The van der Waals surface area contributed by atoms with Gasteiger partial charge in [-0.3, -0.25) is 0 Å². The Morgan fingerprint density at radius 1 is 1.24 bits per heavy atom. The van der Waals surface area contributed by atoms with Gasteiger partial charge in [0.2, 0.25) is 0 Å². The third-order valence-corrected chi connectivity index (χ3v) is 4.34. The average Bonchev–Trinajstić information content (AvgIpc) is 2.29. The molecule has 0 saturated heterocycles. The highest BCUT2D eigenvalue weighted by Crippen LogP contribution is 2.13. The molecule has 0 aliphatic rings. The van der Waals surface area contributed by atoms with Gasteiger partial charge in [-0.15, -0.1) is 0 Å². The molecule has 4 heteroatoms. The van der Waals surface area contributed by atoms with Gasteiger partial charge < -0.3 is 5.32 Å². The van der Waals surface area contributed by atoms with Crippen molar-refractivity contribution in [3.8, 4) is 0 Å². The molecule has 17 heavy (non-hydrogen) atoms. The third-order valence-electron chi connectivity index (χ3n) is 2.54. The smallest absolute Gasteiger partial charge is 0.178 e. The number of sulfone groups is 1. The summed E-state index contributed by atoms with van der Waals surface area (Å²) in [6.07, 6.45) is 1.74. The van der Waals surface area contributed by atoms with Gasteiger partial charge in [-0.1, -0.05) is 19.1 Å². The predicted octanol–water partition coefficient (Wildman–Crippen LogP) is 2.16. The van der Waals surface area contributed by atoms with E-state index in [1.54, 1.807) is 18.2 Å². The topological polar surface area (TPSA) is 46.2 Å². The fraction of sp³-hybridized carbons (Fsp3) is 0.538. The second-order valence-electron chi connectivity index (χ2n) is 4.24. The maximum absolute atomic E-state index is 12.0. The summed E-state index contributed by atoms with van der Waals surface area (Å²) in [6.45, 7) is 5.71. The van der Waals surface area contributed by atoms with Crippen molar-refractivity contribution in [3.63, 3.8) is 0 Å². The standard InChI is InChI=1S/C13H21NO2S/c1-3-8-14-9-5-10-17(15,16)13-7-4-6-12(2)11-13/h4,6-7,11,14H,3,5,8-10H2,1-2H3. The minimum atomic E-state index is -3.11. The zero-order valence-corrected chi connectivity index (χ0v) is 11.4. The maximum atomic E-state index is 12.0. The molecular formula is C13H21NO2S. The van der Waals surface area contributed by atoms with Gasteiger partial charge in [-0.05, 0) is 50.6 Å². The lowest BCUT2D eigenvalue weighted by Gasteiger charge is -2.06. The molecule has 0 spiro atoms. The van der Waals surface area contributed by atoms with Crippen molar-refractivity contribution in [1.29, 1.82) is 0 Å². The Hall–Kier alpha value is -0.870. The second kappa shape index (κ2) is 6.77. The van der Waals surface area contributed by atoms with Crippen molar-refractivity contribution in [3.05, 3.63) is 29.8 Å². The molecule has 3 nitrogen and oxygen atoms in total. The van der Waals surface area contributed by atoms with Gasteiger partial charge in [0.25, 0.3) is 0 Å². The lowest BCUT2D eigenvalue weighted by molar-refractivity contribution is 0.588. The lowest BCUT2D eigenvalue weighted by atomic mass is 10.2. The largest absolute Gasteiger partial charge is 0.317 e. The van der Waals surface area contributed by atoms with E-state index >= 15 is 0 Å². The fourth-order valence-electron chi connectivity index (χ4n) is 1.62. The van der Waals surface area contributed by atoms with Crippen molar-refractivity contribution in [2.75, 3.05) is 18.8 Å². The molecule has 1 rings (SSSR count). The highest BCUT2D eigenvalue weighted by atomic mass is 32.2. The number of hydrogen-bond acceptors (Lipinski definition) is 3. The van der Waals surface area contributed by atoms with Crippen LogP contribution in [-0.4, -0.2) is 27.3 Å². The lowest BCUT2D eigenvalue weighted by Crippen LogP contribution is -2.19. The van der Waals surface area contributed by atoms with Gasteiger partial charge in [-0.25, -0.2) is 8.42 Å². The summed E-state index contributed by atoms with van der Waals surface area (Å²) in [6, 6.07) is 7.09. The van der Waals surface area contributed by atoms with Gasteiger partial charge in [0.05, 0.1) is 10.6 Å². The van der Waals surface area contributed by atoms with E-state index in [1.807, 2.05) is 13.0 Å². The summed E-state index contributed by atoms with van der Waals surface area (Å²) in [5.74, 6) is 0.215. The van der Waals surface area contributed by atoms with Crippen molar-refractivity contribution < 1.29 is 8.42 Å². The third kappa shape index (κ3) is 4.88. The van der Waals surface area contributed by atoms with Crippen LogP contribution in [0.1, 0.15) is 25.3 Å². The first-order chi connectivity index (χ1) is 8.06. The van der Waals surface area contributed by atoms with Crippen molar-refractivity contribution in [1.82, 2.24) is 5.32 Å². The van der Waals surface area contributed by atoms with Gasteiger partial charge in [0.15, 0.2) is 9.84 Å². The number of nitrogens with one attached hydrogen (secondary N) is 1. The SMILES string of the molecule is CCCNCCCS(=O)(=O)c1cccc(C)c1. The first-order valence-corrected chi connectivity index (χ1v) is 7.71. The van der Waals surface area contributed by atoms with Crippen LogP contribution < -0.4 is 5.32 Å². The molecule has 0 fully saturated rings. The highest BCUT2D eigenvalue weighted by Gasteiger charge is 2.13. The van der Waals surface area contributed by atoms with E-state index in [0.717, 1.165) is 25.1 Å². The van der Waals surface area contributed by atoms with Gasteiger partial charge >= 0.3 is 0 Å². The molecule has 0 aromatic heterocycles. The van der Waals surface area contributed by atoms with Gasteiger partial charge in [0, 0.05) is 0 Å². The molecule has 0 bridgehead atoms. The van der Waals surface area contributed by atoms with Crippen LogP contribution in [0.5, 0.6) is 0 Å². The van der Waals surface area contributed by atoms with Crippen LogP contribution in [0.2, 0.25) is 0 Å². The van der Waals surface area contributed by atoms with Crippen LogP contribution in [0.15, 0.2) is 29.2 Å². The van der Waals surface area contributed by atoms with E-state index in [-0.39, 0.29) is 5.75 Å². The molecule has 0 heterocycles. The number of rotatable bonds is 7. The Morgan fingerprint density at radius 3 is 2.65 bits per heavy atom. The van der Waals surface area contributed by atoms with E-state index in [9.17, 15) is 8.42 Å². The summed E-state index contributed by atoms with van der Waals surface area (Å²) in [7, 11) is -3.11. The Morgan fingerprint density at radius 2 is 2.00 bits per heavy atom. The monoisotopic (exact) mass is 255 g/mol. The van der Waals surface area contributed by atoms with E-state index in [4.69, 9.17) is 0 Å². The average molecular weight is 255 g/mol. The van der Waals surface area contributed by atoms with Crippen LogP contribution in [0.25, 0.3) is 0 Å². The van der Waals surface area contributed by atoms with Crippen LogP contribution in [0, 0.1) is 6.92 Å². The predicted molar refractivity (Wildman–Crippen MR) is 71.0 cm³/mol.